The lowest BCUT2D eigenvalue weighted by Gasteiger charge is -2.06. The summed E-state index contributed by atoms with van der Waals surface area (Å²) in [6.07, 6.45) is 5.27. The number of carbonyl (C=O) groups is 2. The summed E-state index contributed by atoms with van der Waals surface area (Å²) in [5, 5.41) is 13.9. The molecule has 0 saturated carbocycles. The molecular weight excluding hydrogens is 272 g/mol. The van der Waals surface area contributed by atoms with E-state index in [2.05, 4.69) is 16.6 Å². The van der Waals surface area contributed by atoms with Crippen molar-refractivity contribution in [3.05, 3.63) is 53.5 Å². The van der Waals surface area contributed by atoms with Crippen LogP contribution in [-0.4, -0.2) is 17.1 Å². The molecule has 6 heteroatoms. The van der Waals surface area contributed by atoms with Crippen molar-refractivity contribution in [2.75, 3.05) is 5.32 Å². The van der Waals surface area contributed by atoms with Crippen LogP contribution in [-0.2, 0) is 6.54 Å². The molecule has 0 bridgehead atoms. The highest BCUT2D eigenvalue weighted by molar-refractivity contribution is 5.89. The van der Waals surface area contributed by atoms with Gasteiger partial charge in [-0.3, -0.25) is 0 Å². The minimum Gasteiger partial charge on any atom is -0.475 e. The summed E-state index contributed by atoms with van der Waals surface area (Å²) in [7, 11) is 0. The zero-order valence-corrected chi connectivity index (χ0v) is 10.9. The van der Waals surface area contributed by atoms with Gasteiger partial charge in [0.2, 0.25) is 5.76 Å². The molecule has 106 valence electrons. The summed E-state index contributed by atoms with van der Waals surface area (Å²) in [6.45, 7) is 0.0773. The fourth-order valence-corrected chi connectivity index (χ4v) is 1.62. The van der Waals surface area contributed by atoms with Crippen LogP contribution in [0.2, 0.25) is 0 Å². The van der Waals surface area contributed by atoms with Gasteiger partial charge in [0, 0.05) is 11.3 Å². The van der Waals surface area contributed by atoms with Crippen LogP contribution in [0.5, 0.6) is 0 Å². The van der Waals surface area contributed by atoms with Gasteiger partial charge < -0.3 is 20.2 Å². The van der Waals surface area contributed by atoms with Gasteiger partial charge in [-0.25, -0.2) is 9.59 Å². The number of carbonyl (C=O) groups excluding carboxylic acids is 1. The summed E-state index contributed by atoms with van der Waals surface area (Å²) in [4.78, 5) is 22.3. The third-order valence-corrected chi connectivity index (χ3v) is 2.58. The quantitative estimate of drug-likeness (QED) is 0.751. The Morgan fingerprint density at radius 1 is 1.29 bits per heavy atom. The molecule has 0 aliphatic rings. The van der Waals surface area contributed by atoms with Crippen molar-refractivity contribution in [1.82, 2.24) is 5.32 Å². The van der Waals surface area contributed by atoms with Gasteiger partial charge in [-0.1, -0.05) is 12.0 Å². The molecule has 0 aliphatic heterocycles. The number of amides is 2. The first-order chi connectivity index (χ1) is 10.1. The van der Waals surface area contributed by atoms with Crippen LogP contribution < -0.4 is 10.6 Å². The number of rotatable bonds is 4. The topological polar surface area (TPSA) is 91.6 Å². The van der Waals surface area contributed by atoms with Crippen LogP contribution in [0, 0.1) is 12.3 Å². The van der Waals surface area contributed by atoms with Crippen LogP contribution in [0.1, 0.15) is 21.9 Å². The molecule has 0 fully saturated rings. The fourth-order valence-electron chi connectivity index (χ4n) is 1.62. The smallest absolute Gasteiger partial charge is 0.371 e. The van der Waals surface area contributed by atoms with Gasteiger partial charge in [0.05, 0.1) is 6.54 Å². The summed E-state index contributed by atoms with van der Waals surface area (Å²) >= 11 is 0. The van der Waals surface area contributed by atoms with E-state index in [1.54, 1.807) is 24.3 Å². The largest absolute Gasteiger partial charge is 0.475 e. The van der Waals surface area contributed by atoms with Crippen molar-refractivity contribution >= 4 is 17.7 Å². The van der Waals surface area contributed by atoms with Gasteiger partial charge in [0.15, 0.2) is 0 Å². The molecule has 3 N–H and O–H groups in total. The number of anilines is 1. The Labute approximate surface area is 120 Å². The molecule has 2 aromatic rings. The Bertz CT molecular complexity index is 712. The van der Waals surface area contributed by atoms with Gasteiger partial charge in [-0.2, -0.15) is 0 Å². The maximum absolute atomic E-state index is 11.7. The van der Waals surface area contributed by atoms with Crippen LogP contribution in [0.15, 0.2) is 40.8 Å². The molecule has 0 radical (unpaired) electrons. The molecule has 2 amide bonds. The lowest BCUT2D eigenvalue weighted by molar-refractivity contribution is 0.0660. The summed E-state index contributed by atoms with van der Waals surface area (Å²) < 4.78 is 5.01. The number of carboxylic acid groups (broad SMARTS) is 1. The summed E-state index contributed by atoms with van der Waals surface area (Å²) in [6, 6.07) is 9.22. The number of hydrogen-bond acceptors (Lipinski definition) is 3. The molecule has 1 aromatic carbocycles. The van der Waals surface area contributed by atoms with Crippen molar-refractivity contribution in [3.8, 4) is 12.3 Å². The van der Waals surface area contributed by atoms with E-state index < -0.39 is 12.0 Å². The Morgan fingerprint density at radius 2 is 2.10 bits per heavy atom. The van der Waals surface area contributed by atoms with Gasteiger partial charge in [-0.05, 0) is 30.3 Å². The average molecular weight is 284 g/mol. The molecule has 6 nitrogen and oxygen atoms in total. The minimum atomic E-state index is -1.16. The van der Waals surface area contributed by atoms with E-state index in [0.717, 1.165) is 0 Å². The highest BCUT2D eigenvalue weighted by atomic mass is 16.4. The zero-order valence-electron chi connectivity index (χ0n) is 10.9. The molecule has 0 saturated heterocycles. The van der Waals surface area contributed by atoms with E-state index in [4.69, 9.17) is 15.9 Å². The Morgan fingerprint density at radius 3 is 2.76 bits per heavy atom. The molecule has 21 heavy (non-hydrogen) atoms. The second-order valence-electron chi connectivity index (χ2n) is 4.10. The third kappa shape index (κ3) is 3.88. The maximum Gasteiger partial charge on any atom is 0.371 e. The van der Waals surface area contributed by atoms with E-state index in [0.29, 0.717) is 17.0 Å². The predicted octanol–water partition coefficient (Wildman–Crippen LogP) is 2.28. The van der Waals surface area contributed by atoms with Crippen LogP contribution in [0.3, 0.4) is 0 Å². The Hall–Kier alpha value is -3.20. The maximum atomic E-state index is 11.7. The average Bonchev–Trinajstić information content (AvgIpc) is 2.94. The number of nitrogens with one attached hydrogen (secondary N) is 2. The second-order valence-corrected chi connectivity index (χ2v) is 4.10. The lowest BCUT2D eigenvalue weighted by Crippen LogP contribution is -2.28. The van der Waals surface area contributed by atoms with E-state index in [9.17, 15) is 9.59 Å². The highest BCUT2D eigenvalue weighted by Gasteiger charge is 2.09. The van der Waals surface area contributed by atoms with Crippen molar-refractivity contribution in [1.29, 1.82) is 0 Å². The van der Waals surface area contributed by atoms with Crippen LogP contribution in [0.25, 0.3) is 0 Å². The van der Waals surface area contributed by atoms with Crippen molar-refractivity contribution < 1.29 is 19.1 Å². The number of hydrogen-bond donors (Lipinski definition) is 3. The standard InChI is InChI=1S/C15H12N2O4/c1-2-10-4-3-5-11(8-10)17-15(20)16-9-12-6-7-13(21-12)14(18)19/h1,3-8H,9H2,(H,18,19)(H2,16,17,20). The number of aromatic carboxylic acids is 1. The van der Waals surface area contributed by atoms with Gasteiger partial charge in [-0.15, -0.1) is 6.42 Å². The fraction of sp³-hybridized carbons (Fsp3) is 0.0667. The first-order valence-corrected chi connectivity index (χ1v) is 6.02. The van der Waals surface area contributed by atoms with Crippen LogP contribution in [0.4, 0.5) is 10.5 Å². The van der Waals surface area contributed by atoms with Crippen molar-refractivity contribution in [2.24, 2.45) is 0 Å². The van der Waals surface area contributed by atoms with Gasteiger partial charge >= 0.3 is 12.0 Å². The molecule has 0 spiro atoms. The first kappa shape index (κ1) is 14.2. The molecule has 0 atom stereocenters. The lowest BCUT2D eigenvalue weighted by atomic mass is 10.2. The molecule has 0 unspecified atom stereocenters. The van der Waals surface area contributed by atoms with E-state index in [1.807, 2.05) is 0 Å². The number of furan rings is 1. The third-order valence-electron chi connectivity index (χ3n) is 2.58. The number of terminal acetylenes is 1. The van der Waals surface area contributed by atoms with E-state index in [1.165, 1.54) is 12.1 Å². The van der Waals surface area contributed by atoms with Gasteiger partial charge in [0.1, 0.15) is 5.76 Å². The molecule has 0 aliphatic carbocycles. The highest BCUT2D eigenvalue weighted by Crippen LogP contribution is 2.10. The number of urea groups is 1. The second kappa shape index (κ2) is 6.30. The van der Waals surface area contributed by atoms with Crippen LogP contribution >= 0.6 is 0 Å². The number of carboxylic acids is 1. The summed E-state index contributed by atoms with van der Waals surface area (Å²) in [5.41, 5.74) is 1.22. The van der Waals surface area contributed by atoms with E-state index in [-0.39, 0.29) is 12.3 Å². The van der Waals surface area contributed by atoms with Crippen molar-refractivity contribution in [3.63, 3.8) is 0 Å². The Kier molecular flexibility index (Phi) is 4.26. The zero-order chi connectivity index (χ0) is 15.2. The van der Waals surface area contributed by atoms with E-state index >= 15 is 0 Å². The minimum absolute atomic E-state index is 0.0773. The molecule has 1 heterocycles. The summed E-state index contributed by atoms with van der Waals surface area (Å²) in [5.74, 6) is 1.49. The predicted molar refractivity (Wildman–Crippen MR) is 75.9 cm³/mol. The SMILES string of the molecule is C#Cc1cccc(NC(=O)NCc2ccc(C(=O)O)o2)c1. The number of benzene rings is 1. The van der Waals surface area contributed by atoms with Gasteiger partial charge in [0.25, 0.3) is 0 Å². The normalized spacial score (nSPS) is 9.67. The molecular formula is C15H12N2O4. The molecule has 1 aromatic heterocycles. The first-order valence-electron chi connectivity index (χ1n) is 6.02. The van der Waals surface area contributed by atoms with Crippen molar-refractivity contribution in [2.45, 2.75) is 6.54 Å². The monoisotopic (exact) mass is 284 g/mol. The molecule has 2 rings (SSSR count). The Balaban J connectivity index is 1.89.